The van der Waals surface area contributed by atoms with Gasteiger partial charge in [0.2, 0.25) is 0 Å². The Labute approximate surface area is 254 Å². The third kappa shape index (κ3) is 4.37. The molecule has 0 aliphatic rings. The summed E-state index contributed by atoms with van der Waals surface area (Å²) in [6.07, 6.45) is 4.40. The Kier molecular flexibility index (Phi) is 6.67. The average molecular weight is 565 g/mol. The lowest BCUT2D eigenvalue weighted by atomic mass is 9.69. The minimum atomic E-state index is -1.05. The summed E-state index contributed by atoms with van der Waals surface area (Å²) in [6.45, 7) is 8.68. The highest BCUT2D eigenvalue weighted by Gasteiger charge is 2.41. The third-order valence-electron chi connectivity index (χ3n) is 9.86. The van der Waals surface area contributed by atoms with Gasteiger partial charge in [0.1, 0.15) is 0 Å². The molecule has 0 spiro atoms. The van der Waals surface area contributed by atoms with Gasteiger partial charge in [-0.3, -0.25) is 0 Å². The van der Waals surface area contributed by atoms with Gasteiger partial charge in [-0.1, -0.05) is 113 Å². The van der Waals surface area contributed by atoms with Crippen LogP contribution in [0.1, 0.15) is 58.9 Å². The van der Waals surface area contributed by atoms with E-state index in [0.29, 0.717) is 0 Å². The Morgan fingerprint density at radius 2 is 0.907 bits per heavy atom. The fourth-order valence-electron chi connectivity index (χ4n) is 6.99. The lowest BCUT2D eigenvalue weighted by Gasteiger charge is -2.41. The maximum absolute atomic E-state index is 12.5. The van der Waals surface area contributed by atoms with E-state index in [2.05, 4.69) is 145 Å². The number of hydrogen-bond donors (Lipinski definition) is 1. The van der Waals surface area contributed by atoms with E-state index in [-0.39, 0.29) is 5.41 Å². The molecule has 2 aromatic heterocycles. The average Bonchev–Trinajstić information content (AvgIpc) is 3.54. The highest BCUT2D eigenvalue weighted by Crippen LogP contribution is 2.45. The van der Waals surface area contributed by atoms with Gasteiger partial charge in [-0.25, -0.2) is 0 Å². The molecule has 216 valence electrons. The number of aromatic nitrogens is 2. The van der Waals surface area contributed by atoms with Crippen molar-refractivity contribution < 1.29 is 5.11 Å². The Morgan fingerprint density at radius 1 is 0.535 bits per heavy atom. The molecule has 1 atom stereocenters. The number of benzene rings is 5. The van der Waals surface area contributed by atoms with Crippen LogP contribution in [0, 0.1) is 5.41 Å². The van der Waals surface area contributed by atoms with Crippen LogP contribution in [0.2, 0.25) is 0 Å². The van der Waals surface area contributed by atoms with E-state index < -0.39 is 5.60 Å². The van der Waals surface area contributed by atoms with Crippen LogP contribution >= 0.6 is 0 Å². The second-order valence-electron chi connectivity index (χ2n) is 12.9. The van der Waals surface area contributed by atoms with E-state index >= 15 is 0 Å². The molecule has 2 heterocycles. The number of para-hydroxylation sites is 4. The van der Waals surface area contributed by atoms with Crippen LogP contribution in [0.4, 0.5) is 0 Å². The topological polar surface area (TPSA) is 30.1 Å². The molecule has 1 N–H and O–H groups in total. The number of hydrogen-bond acceptors (Lipinski definition) is 1. The molecule has 7 aromatic rings. The van der Waals surface area contributed by atoms with Crippen molar-refractivity contribution in [3.8, 4) is 11.4 Å². The molecule has 0 saturated heterocycles. The predicted molar refractivity (Wildman–Crippen MR) is 183 cm³/mol. The quantitative estimate of drug-likeness (QED) is 0.183. The number of rotatable bonds is 8. The zero-order chi connectivity index (χ0) is 29.8. The maximum atomic E-state index is 12.5. The third-order valence-corrected chi connectivity index (χ3v) is 9.86. The first-order chi connectivity index (χ1) is 20.8. The minimum Gasteiger partial charge on any atom is -0.385 e. The van der Waals surface area contributed by atoms with Crippen molar-refractivity contribution in [2.24, 2.45) is 5.41 Å². The molecule has 0 bridgehead atoms. The summed E-state index contributed by atoms with van der Waals surface area (Å²) in [4.78, 5) is 0. The van der Waals surface area contributed by atoms with E-state index in [0.717, 1.165) is 51.8 Å². The van der Waals surface area contributed by atoms with Crippen LogP contribution in [0.3, 0.4) is 0 Å². The summed E-state index contributed by atoms with van der Waals surface area (Å²) < 4.78 is 4.73. The van der Waals surface area contributed by atoms with Gasteiger partial charge in [-0.2, -0.15) is 0 Å². The molecule has 1 unspecified atom stereocenters. The molecule has 0 amide bonds. The zero-order valence-electron chi connectivity index (χ0n) is 25.6. The molecule has 0 fully saturated rings. The van der Waals surface area contributed by atoms with Gasteiger partial charge in [-0.15, -0.1) is 0 Å². The van der Waals surface area contributed by atoms with Crippen molar-refractivity contribution in [2.75, 3.05) is 0 Å². The summed E-state index contributed by atoms with van der Waals surface area (Å²) in [7, 11) is 0. The van der Waals surface area contributed by atoms with Crippen molar-refractivity contribution >= 4 is 43.6 Å². The van der Waals surface area contributed by atoms with Crippen molar-refractivity contribution in [1.82, 2.24) is 9.13 Å². The van der Waals surface area contributed by atoms with Gasteiger partial charge in [0.25, 0.3) is 0 Å². The normalized spacial score (nSPS) is 13.8. The number of nitrogens with zero attached hydrogens (tertiary/aromatic N) is 2. The lowest BCUT2D eigenvalue weighted by molar-refractivity contribution is -0.0628. The summed E-state index contributed by atoms with van der Waals surface area (Å²) in [6, 6.07) is 41.3. The predicted octanol–water partition coefficient (Wildman–Crippen LogP) is 10.7. The number of unbranched alkanes of at least 4 members (excludes halogenated alkanes) is 2. The summed E-state index contributed by atoms with van der Waals surface area (Å²) >= 11 is 0. The molecule has 0 radical (unpaired) electrons. The highest BCUT2D eigenvalue weighted by atomic mass is 16.3. The Morgan fingerprint density at radius 3 is 1.28 bits per heavy atom. The largest absolute Gasteiger partial charge is 0.385 e. The molecule has 0 aliphatic heterocycles. The summed E-state index contributed by atoms with van der Waals surface area (Å²) in [5.74, 6) is 0. The summed E-state index contributed by atoms with van der Waals surface area (Å²) in [5.41, 5.74) is 6.32. The van der Waals surface area contributed by atoms with Crippen molar-refractivity contribution in [1.29, 1.82) is 0 Å². The molecule has 3 heteroatoms. The van der Waals surface area contributed by atoms with Crippen LogP contribution in [-0.2, 0) is 5.60 Å². The Hall–Kier alpha value is -4.34. The maximum Gasteiger partial charge on any atom is 0.0920 e. The number of aliphatic hydroxyl groups is 1. The fourth-order valence-corrected chi connectivity index (χ4v) is 6.99. The van der Waals surface area contributed by atoms with Gasteiger partial charge in [0.05, 0.1) is 27.7 Å². The molecular weight excluding hydrogens is 524 g/mol. The van der Waals surface area contributed by atoms with Gasteiger partial charge in [0, 0.05) is 32.9 Å². The molecule has 3 nitrogen and oxygen atoms in total. The first-order valence-electron chi connectivity index (χ1n) is 15.7. The minimum absolute atomic E-state index is 0.320. The van der Waals surface area contributed by atoms with Crippen LogP contribution < -0.4 is 0 Å². The van der Waals surface area contributed by atoms with Gasteiger partial charge in [-0.05, 0) is 66.8 Å². The fraction of sp³-hybridized carbons (Fsp3) is 0.250. The van der Waals surface area contributed by atoms with Gasteiger partial charge < -0.3 is 14.2 Å². The highest BCUT2D eigenvalue weighted by molar-refractivity contribution is 6.10. The van der Waals surface area contributed by atoms with Crippen molar-refractivity contribution in [2.45, 2.75) is 59.0 Å². The van der Waals surface area contributed by atoms with Crippen molar-refractivity contribution in [3.05, 3.63) is 121 Å². The smallest absolute Gasteiger partial charge is 0.0920 e. The molecular formula is C40H40N2O. The van der Waals surface area contributed by atoms with Crippen LogP contribution in [0.5, 0.6) is 0 Å². The molecule has 0 saturated carbocycles. The van der Waals surface area contributed by atoms with E-state index in [1.54, 1.807) is 0 Å². The van der Waals surface area contributed by atoms with Crippen LogP contribution in [0.15, 0.2) is 115 Å². The number of fused-ring (bicyclic) bond motifs is 6. The monoisotopic (exact) mass is 564 g/mol. The molecule has 5 aromatic carbocycles. The SMILES string of the molecule is CCCCCC(C)(C)C(C)(O)c1cc(-n2c3ccccc3c3ccccc32)cc(-n2c3ccccc3c3ccccc32)c1. The van der Waals surface area contributed by atoms with Gasteiger partial charge in [0.15, 0.2) is 0 Å². The van der Waals surface area contributed by atoms with E-state index in [1.807, 2.05) is 6.92 Å². The standard InChI is InChI=1S/C40H40N2O/c1-5-6-15-24-39(2,3)40(4,43)28-25-29(41-35-20-11-7-16-31(35)32-17-8-12-21-36(32)41)27-30(26-28)42-37-22-13-9-18-33(37)34-19-10-14-23-38(34)42/h7-14,16-23,25-27,43H,5-6,15,24H2,1-4H3. The van der Waals surface area contributed by atoms with Crippen LogP contribution in [0.25, 0.3) is 55.0 Å². The first-order valence-corrected chi connectivity index (χ1v) is 15.7. The zero-order valence-corrected chi connectivity index (χ0v) is 25.6. The van der Waals surface area contributed by atoms with Crippen LogP contribution in [-0.4, -0.2) is 14.2 Å². The van der Waals surface area contributed by atoms with E-state index in [4.69, 9.17) is 0 Å². The Bertz CT molecular complexity index is 1870. The van der Waals surface area contributed by atoms with E-state index in [1.165, 1.54) is 34.4 Å². The molecule has 7 rings (SSSR count). The van der Waals surface area contributed by atoms with E-state index in [9.17, 15) is 5.11 Å². The summed E-state index contributed by atoms with van der Waals surface area (Å²) in [5, 5.41) is 17.4. The van der Waals surface area contributed by atoms with Gasteiger partial charge >= 0.3 is 0 Å². The van der Waals surface area contributed by atoms with Crippen molar-refractivity contribution in [3.63, 3.8) is 0 Å². The Balaban J connectivity index is 1.55. The first kappa shape index (κ1) is 27.5. The lowest BCUT2D eigenvalue weighted by Crippen LogP contribution is -2.39. The second kappa shape index (κ2) is 10.4. The molecule has 0 aliphatic carbocycles. The second-order valence-corrected chi connectivity index (χ2v) is 12.9. The molecule has 43 heavy (non-hydrogen) atoms.